The van der Waals surface area contributed by atoms with Crippen molar-refractivity contribution in [2.75, 3.05) is 6.61 Å². The lowest BCUT2D eigenvalue weighted by atomic mass is 10.2. The molecule has 0 aromatic rings. The number of unbranched alkanes of at least 4 members (excludes halogenated alkanes) is 2. The van der Waals surface area contributed by atoms with E-state index in [1.54, 1.807) is 0 Å². The molecule has 0 saturated heterocycles. The van der Waals surface area contributed by atoms with Crippen molar-refractivity contribution in [2.45, 2.75) is 32.6 Å². The summed E-state index contributed by atoms with van der Waals surface area (Å²) >= 11 is 0. The SMILES string of the molecule is CCCCCC(=O)OCC=CO. The highest BCUT2D eigenvalue weighted by Gasteiger charge is 1.99. The Bertz CT molecular complexity index is 141. The van der Waals surface area contributed by atoms with Crippen LogP contribution in [0.4, 0.5) is 0 Å². The molecule has 0 amide bonds. The summed E-state index contributed by atoms with van der Waals surface area (Å²) < 4.78 is 4.74. The fraction of sp³-hybridized carbons (Fsp3) is 0.667. The molecule has 0 aromatic heterocycles. The molecule has 0 rings (SSSR count). The Labute approximate surface area is 73.0 Å². The van der Waals surface area contributed by atoms with Crippen LogP contribution < -0.4 is 0 Å². The number of hydrogen-bond acceptors (Lipinski definition) is 3. The van der Waals surface area contributed by atoms with Gasteiger partial charge in [0.1, 0.15) is 6.61 Å². The smallest absolute Gasteiger partial charge is 0.306 e. The van der Waals surface area contributed by atoms with Crippen LogP contribution in [0, 0.1) is 0 Å². The monoisotopic (exact) mass is 172 g/mol. The molecule has 0 fully saturated rings. The quantitative estimate of drug-likeness (QED) is 0.379. The summed E-state index contributed by atoms with van der Waals surface area (Å²) in [5, 5.41) is 8.22. The van der Waals surface area contributed by atoms with Crippen LogP contribution in [-0.2, 0) is 9.53 Å². The zero-order valence-corrected chi connectivity index (χ0v) is 7.45. The first kappa shape index (κ1) is 11.0. The number of ether oxygens (including phenoxy) is 1. The number of rotatable bonds is 6. The van der Waals surface area contributed by atoms with Gasteiger partial charge in [0.05, 0.1) is 6.26 Å². The summed E-state index contributed by atoms with van der Waals surface area (Å²) in [6, 6.07) is 0. The van der Waals surface area contributed by atoms with Crippen molar-refractivity contribution in [3.63, 3.8) is 0 Å². The van der Waals surface area contributed by atoms with Gasteiger partial charge in [0.15, 0.2) is 0 Å². The minimum Gasteiger partial charge on any atom is -0.516 e. The maximum Gasteiger partial charge on any atom is 0.306 e. The molecule has 0 aliphatic heterocycles. The maximum absolute atomic E-state index is 10.9. The van der Waals surface area contributed by atoms with E-state index in [1.807, 2.05) is 0 Å². The maximum atomic E-state index is 10.9. The van der Waals surface area contributed by atoms with Gasteiger partial charge in [0.2, 0.25) is 0 Å². The first-order valence-corrected chi connectivity index (χ1v) is 4.26. The molecule has 0 aliphatic carbocycles. The number of aliphatic hydroxyl groups is 1. The lowest BCUT2D eigenvalue weighted by molar-refractivity contribution is -0.142. The van der Waals surface area contributed by atoms with Crippen LogP contribution in [0.25, 0.3) is 0 Å². The summed E-state index contributed by atoms with van der Waals surface area (Å²) in [7, 11) is 0. The molecular weight excluding hydrogens is 156 g/mol. The highest BCUT2D eigenvalue weighted by atomic mass is 16.5. The third-order valence-electron chi connectivity index (χ3n) is 1.43. The molecule has 12 heavy (non-hydrogen) atoms. The Hall–Kier alpha value is -0.990. The average Bonchev–Trinajstić information content (AvgIpc) is 2.06. The van der Waals surface area contributed by atoms with Gasteiger partial charge in [-0.3, -0.25) is 4.79 Å². The Balaban J connectivity index is 3.21. The molecule has 3 nitrogen and oxygen atoms in total. The average molecular weight is 172 g/mol. The predicted octanol–water partition coefficient (Wildman–Crippen LogP) is 2.18. The van der Waals surface area contributed by atoms with Crippen LogP contribution in [-0.4, -0.2) is 17.7 Å². The number of carbonyl (C=O) groups is 1. The third-order valence-corrected chi connectivity index (χ3v) is 1.43. The topological polar surface area (TPSA) is 46.5 Å². The zero-order chi connectivity index (χ0) is 9.23. The molecule has 0 aliphatic rings. The van der Waals surface area contributed by atoms with E-state index >= 15 is 0 Å². The van der Waals surface area contributed by atoms with Crippen molar-refractivity contribution >= 4 is 5.97 Å². The molecule has 70 valence electrons. The number of esters is 1. The van der Waals surface area contributed by atoms with E-state index in [0.717, 1.165) is 25.5 Å². The number of aliphatic hydroxyl groups excluding tert-OH is 1. The predicted molar refractivity (Wildman–Crippen MR) is 46.9 cm³/mol. The lowest BCUT2D eigenvalue weighted by Gasteiger charge is -1.99. The molecule has 0 spiro atoms. The van der Waals surface area contributed by atoms with Crippen molar-refractivity contribution in [1.29, 1.82) is 0 Å². The van der Waals surface area contributed by atoms with Crippen molar-refractivity contribution in [3.8, 4) is 0 Å². The molecule has 0 bridgehead atoms. The third kappa shape index (κ3) is 7.12. The van der Waals surface area contributed by atoms with Gasteiger partial charge in [-0.2, -0.15) is 0 Å². The summed E-state index contributed by atoms with van der Waals surface area (Å²) in [6.45, 7) is 2.25. The van der Waals surface area contributed by atoms with Crippen LogP contribution in [0.1, 0.15) is 32.6 Å². The fourth-order valence-corrected chi connectivity index (χ4v) is 0.776. The largest absolute Gasteiger partial charge is 0.516 e. The second-order valence-electron chi connectivity index (χ2n) is 2.52. The molecular formula is C9H16O3. The highest BCUT2D eigenvalue weighted by molar-refractivity contribution is 5.69. The van der Waals surface area contributed by atoms with Crippen LogP contribution in [0.2, 0.25) is 0 Å². The number of carbonyl (C=O) groups excluding carboxylic acids is 1. The first-order valence-electron chi connectivity index (χ1n) is 4.26. The number of hydrogen-bond donors (Lipinski definition) is 1. The van der Waals surface area contributed by atoms with Crippen molar-refractivity contribution in [2.24, 2.45) is 0 Å². The lowest BCUT2D eigenvalue weighted by Crippen LogP contribution is -2.03. The van der Waals surface area contributed by atoms with Crippen LogP contribution in [0.3, 0.4) is 0 Å². The first-order chi connectivity index (χ1) is 5.81. The molecule has 0 aromatic carbocycles. The molecule has 1 N–H and O–H groups in total. The van der Waals surface area contributed by atoms with Crippen molar-refractivity contribution < 1.29 is 14.6 Å². The van der Waals surface area contributed by atoms with E-state index in [2.05, 4.69) is 6.92 Å². The normalized spacial score (nSPS) is 10.4. The molecule has 0 heterocycles. The molecule has 0 radical (unpaired) electrons. The Morgan fingerprint density at radius 1 is 1.50 bits per heavy atom. The molecule has 0 unspecified atom stereocenters. The van der Waals surface area contributed by atoms with Gasteiger partial charge >= 0.3 is 5.97 Å². The van der Waals surface area contributed by atoms with Gasteiger partial charge in [0, 0.05) is 6.42 Å². The van der Waals surface area contributed by atoms with Gasteiger partial charge in [-0.05, 0) is 12.5 Å². The van der Waals surface area contributed by atoms with E-state index in [1.165, 1.54) is 6.08 Å². The minimum absolute atomic E-state index is 0.168. The summed E-state index contributed by atoms with van der Waals surface area (Å²) in [6.07, 6.45) is 5.79. The zero-order valence-electron chi connectivity index (χ0n) is 7.45. The molecule has 0 atom stereocenters. The highest BCUT2D eigenvalue weighted by Crippen LogP contribution is 2.00. The van der Waals surface area contributed by atoms with E-state index < -0.39 is 0 Å². The fourth-order valence-electron chi connectivity index (χ4n) is 0.776. The van der Waals surface area contributed by atoms with E-state index in [-0.39, 0.29) is 12.6 Å². The Morgan fingerprint density at radius 2 is 2.25 bits per heavy atom. The second-order valence-corrected chi connectivity index (χ2v) is 2.52. The summed E-state index contributed by atoms with van der Waals surface area (Å²) in [4.78, 5) is 10.9. The van der Waals surface area contributed by atoms with Crippen molar-refractivity contribution in [3.05, 3.63) is 12.3 Å². The Kier molecular flexibility index (Phi) is 7.44. The minimum atomic E-state index is -0.193. The van der Waals surface area contributed by atoms with Gasteiger partial charge in [-0.1, -0.05) is 19.8 Å². The second kappa shape index (κ2) is 8.11. The molecule has 0 saturated carbocycles. The van der Waals surface area contributed by atoms with Crippen molar-refractivity contribution in [1.82, 2.24) is 0 Å². The summed E-state index contributed by atoms with van der Waals surface area (Å²) in [5.41, 5.74) is 0. The van der Waals surface area contributed by atoms with E-state index in [9.17, 15) is 4.79 Å². The van der Waals surface area contributed by atoms with E-state index in [4.69, 9.17) is 9.84 Å². The van der Waals surface area contributed by atoms with Gasteiger partial charge < -0.3 is 9.84 Å². The van der Waals surface area contributed by atoms with Crippen LogP contribution in [0.15, 0.2) is 12.3 Å². The van der Waals surface area contributed by atoms with Gasteiger partial charge in [-0.25, -0.2) is 0 Å². The van der Waals surface area contributed by atoms with Gasteiger partial charge in [-0.15, -0.1) is 0 Å². The summed E-state index contributed by atoms with van der Waals surface area (Å²) in [5.74, 6) is -0.193. The van der Waals surface area contributed by atoms with E-state index in [0.29, 0.717) is 6.42 Å². The van der Waals surface area contributed by atoms with Gasteiger partial charge in [0.25, 0.3) is 0 Å². The van der Waals surface area contributed by atoms with Crippen LogP contribution in [0.5, 0.6) is 0 Å². The van der Waals surface area contributed by atoms with Crippen LogP contribution >= 0.6 is 0 Å². The molecule has 3 heteroatoms. The Morgan fingerprint density at radius 3 is 2.83 bits per heavy atom. The standard InChI is InChI=1S/C9H16O3/c1-2-3-4-6-9(11)12-8-5-7-10/h5,7,10H,2-4,6,8H2,1H3.